The fraction of sp³-hybridized carbons (Fsp3) is 0.308. The molecule has 0 spiro atoms. The molecule has 5 heteroatoms. The molecule has 1 aromatic heterocycles. The third-order valence-corrected chi connectivity index (χ3v) is 2.85. The van der Waals surface area contributed by atoms with Crippen molar-refractivity contribution in [3.05, 3.63) is 41.5 Å². The van der Waals surface area contributed by atoms with Crippen molar-refractivity contribution in [2.24, 2.45) is 0 Å². The molecular weight excluding hydrogens is 226 g/mol. The van der Waals surface area contributed by atoms with Crippen LogP contribution in [0.15, 0.2) is 24.5 Å². The van der Waals surface area contributed by atoms with Crippen LogP contribution in [0, 0.1) is 18.3 Å². The molecule has 0 bridgehead atoms. The number of para-hydroxylation sites is 1. The molecule has 0 saturated heterocycles. The summed E-state index contributed by atoms with van der Waals surface area (Å²) in [5.41, 5.74) is 2.57. The maximum absolute atomic E-state index is 9.08. The fourth-order valence-electron chi connectivity index (χ4n) is 1.84. The number of hydrogen-bond donors (Lipinski definition) is 1. The average molecular weight is 241 g/mol. The van der Waals surface area contributed by atoms with Crippen molar-refractivity contribution < 1.29 is 0 Å². The number of aromatic nitrogens is 3. The molecule has 0 atom stereocenters. The Kier molecular flexibility index (Phi) is 3.58. The van der Waals surface area contributed by atoms with Gasteiger partial charge in [0.05, 0.1) is 17.8 Å². The second-order valence-electron chi connectivity index (χ2n) is 4.00. The summed E-state index contributed by atoms with van der Waals surface area (Å²) in [4.78, 5) is 0. The third-order valence-electron chi connectivity index (χ3n) is 2.85. The van der Waals surface area contributed by atoms with Crippen LogP contribution in [0.25, 0.3) is 0 Å². The Morgan fingerprint density at radius 1 is 1.44 bits per heavy atom. The van der Waals surface area contributed by atoms with Gasteiger partial charge < -0.3 is 9.88 Å². The smallest absolute Gasteiger partial charge is 0.152 e. The largest absolute Gasteiger partial charge is 0.376 e. The first-order valence-corrected chi connectivity index (χ1v) is 5.86. The lowest BCUT2D eigenvalue weighted by atomic mass is 10.1. The van der Waals surface area contributed by atoms with Crippen LogP contribution in [0.5, 0.6) is 0 Å². The number of anilines is 1. The van der Waals surface area contributed by atoms with Gasteiger partial charge in [-0.2, -0.15) is 5.26 Å². The minimum Gasteiger partial charge on any atom is -0.376 e. The molecule has 1 heterocycles. The first kappa shape index (κ1) is 12.1. The summed E-state index contributed by atoms with van der Waals surface area (Å²) in [5.74, 6) is 0.865. The van der Waals surface area contributed by atoms with Gasteiger partial charge in [-0.1, -0.05) is 12.1 Å². The number of hydrogen-bond acceptors (Lipinski definition) is 4. The lowest BCUT2D eigenvalue weighted by Crippen LogP contribution is -2.09. The molecule has 0 aliphatic carbocycles. The molecule has 0 aliphatic rings. The van der Waals surface area contributed by atoms with Crippen LogP contribution in [-0.2, 0) is 13.1 Å². The first-order valence-electron chi connectivity index (χ1n) is 5.86. The van der Waals surface area contributed by atoms with Crippen LogP contribution < -0.4 is 5.32 Å². The Bertz CT molecular complexity index is 579. The maximum Gasteiger partial charge on any atom is 0.152 e. The molecule has 0 saturated carbocycles. The van der Waals surface area contributed by atoms with E-state index in [2.05, 4.69) is 21.6 Å². The van der Waals surface area contributed by atoms with E-state index in [0.717, 1.165) is 23.6 Å². The summed E-state index contributed by atoms with van der Waals surface area (Å²) in [6.45, 7) is 5.42. The second kappa shape index (κ2) is 5.32. The van der Waals surface area contributed by atoms with E-state index in [9.17, 15) is 0 Å². The summed E-state index contributed by atoms with van der Waals surface area (Å²) in [6.07, 6.45) is 1.71. The lowest BCUT2D eigenvalue weighted by Gasteiger charge is -2.11. The van der Waals surface area contributed by atoms with Gasteiger partial charge in [-0.15, -0.1) is 10.2 Å². The zero-order valence-corrected chi connectivity index (χ0v) is 10.5. The summed E-state index contributed by atoms with van der Waals surface area (Å²) in [6, 6.07) is 7.86. The normalized spacial score (nSPS) is 10.1. The second-order valence-corrected chi connectivity index (χ2v) is 4.00. The van der Waals surface area contributed by atoms with E-state index >= 15 is 0 Å². The minimum absolute atomic E-state index is 0.563. The lowest BCUT2D eigenvalue weighted by molar-refractivity contribution is 0.708. The zero-order chi connectivity index (χ0) is 13.0. The first-order chi connectivity index (χ1) is 8.76. The SMILES string of the molecule is CCn1cnnc1CNc1c(C)cccc1C#N. The van der Waals surface area contributed by atoms with Crippen LogP contribution in [-0.4, -0.2) is 14.8 Å². The highest BCUT2D eigenvalue weighted by Gasteiger charge is 2.07. The molecule has 0 aliphatic heterocycles. The summed E-state index contributed by atoms with van der Waals surface area (Å²) in [7, 11) is 0. The Morgan fingerprint density at radius 2 is 2.28 bits per heavy atom. The van der Waals surface area contributed by atoms with Crippen molar-refractivity contribution in [1.29, 1.82) is 5.26 Å². The molecule has 92 valence electrons. The molecule has 2 rings (SSSR count). The molecule has 18 heavy (non-hydrogen) atoms. The van der Waals surface area contributed by atoms with Gasteiger partial charge in [-0.3, -0.25) is 0 Å². The van der Waals surface area contributed by atoms with Gasteiger partial charge in [0.1, 0.15) is 12.4 Å². The van der Waals surface area contributed by atoms with Crippen LogP contribution in [0.3, 0.4) is 0 Å². The van der Waals surface area contributed by atoms with E-state index in [1.807, 2.05) is 30.5 Å². The molecule has 0 radical (unpaired) electrons. The zero-order valence-electron chi connectivity index (χ0n) is 10.5. The summed E-state index contributed by atoms with van der Waals surface area (Å²) >= 11 is 0. The van der Waals surface area contributed by atoms with Gasteiger partial charge in [0.2, 0.25) is 0 Å². The standard InChI is InChI=1S/C13H15N5/c1-3-18-9-16-17-12(18)8-15-13-10(2)5-4-6-11(13)7-14/h4-6,9,15H,3,8H2,1-2H3. The quantitative estimate of drug-likeness (QED) is 0.890. The number of nitrogens with one attached hydrogen (secondary N) is 1. The van der Waals surface area contributed by atoms with E-state index in [1.54, 1.807) is 12.4 Å². The van der Waals surface area contributed by atoms with Crippen molar-refractivity contribution in [1.82, 2.24) is 14.8 Å². The topological polar surface area (TPSA) is 66.5 Å². The van der Waals surface area contributed by atoms with E-state index in [-0.39, 0.29) is 0 Å². The van der Waals surface area contributed by atoms with Crippen molar-refractivity contribution in [2.75, 3.05) is 5.32 Å². The van der Waals surface area contributed by atoms with Gasteiger partial charge in [0.25, 0.3) is 0 Å². The van der Waals surface area contributed by atoms with Crippen LogP contribution in [0.1, 0.15) is 23.9 Å². The Balaban J connectivity index is 2.19. The van der Waals surface area contributed by atoms with Crippen molar-refractivity contribution >= 4 is 5.69 Å². The number of rotatable bonds is 4. The van der Waals surface area contributed by atoms with Gasteiger partial charge in [-0.25, -0.2) is 0 Å². The number of benzene rings is 1. The van der Waals surface area contributed by atoms with Crippen molar-refractivity contribution in [3.63, 3.8) is 0 Å². The average Bonchev–Trinajstić information content (AvgIpc) is 2.84. The minimum atomic E-state index is 0.563. The molecule has 5 nitrogen and oxygen atoms in total. The highest BCUT2D eigenvalue weighted by atomic mass is 15.3. The highest BCUT2D eigenvalue weighted by Crippen LogP contribution is 2.20. The number of nitrogens with zero attached hydrogens (tertiary/aromatic N) is 4. The fourth-order valence-corrected chi connectivity index (χ4v) is 1.84. The molecule has 1 aromatic carbocycles. The van der Waals surface area contributed by atoms with Gasteiger partial charge >= 0.3 is 0 Å². The monoisotopic (exact) mass is 241 g/mol. The van der Waals surface area contributed by atoms with Crippen LogP contribution >= 0.6 is 0 Å². The Morgan fingerprint density at radius 3 is 3.00 bits per heavy atom. The van der Waals surface area contributed by atoms with E-state index in [0.29, 0.717) is 12.1 Å². The summed E-state index contributed by atoms with van der Waals surface area (Å²) in [5, 5.41) is 20.3. The predicted molar refractivity (Wildman–Crippen MR) is 68.9 cm³/mol. The third kappa shape index (κ3) is 2.33. The van der Waals surface area contributed by atoms with Crippen molar-refractivity contribution in [3.8, 4) is 6.07 Å². The van der Waals surface area contributed by atoms with E-state index in [4.69, 9.17) is 5.26 Å². The Labute approximate surface area is 106 Å². The van der Waals surface area contributed by atoms with Gasteiger partial charge in [-0.05, 0) is 25.5 Å². The summed E-state index contributed by atoms with van der Waals surface area (Å²) < 4.78 is 1.97. The van der Waals surface area contributed by atoms with Crippen molar-refractivity contribution in [2.45, 2.75) is 26.9 Å². The molecule has 2 aromatic rings. The van der Waals surface area contributed by atoms with E-state index in [1.165, 1.54) is 0 Å². The number of aryl methyl sites for hydroxylation is 2. The molecule has 1 N–H and O–H groups in total. The molecule has 0 fully saturated rings. The van der Waals surface area contributed by atoms with Gasteiger partial charge in [0.15, 0.2) is 5.82 Å². The molecular formula is C13H15N5. The maximum atomic E-state index is 9.08. The van der Waals surface area contributed by atoms with E-state index < -0.39 is 0 Å². The molecule has 0 amide bonds. The molecule has 0 unspecified atom stereocenters. The Hall–Kier alpha value is -2.35. The van der Waals surface area contributed by atoms with Crippen LogP contribution in [0.4, 0.5) is 5.69 Å². The number of nitriles is 1. The van der Waals surface area contributed by atoms with Crippen LogP contribution in [0.2, 0.25) is 0 Å². The highest BCUT2D eigenvalue weighted by molar-refractivity contribution is 5.62. The van der Waals surface area contributed by atoms with Gasteiger partial charge in [0, 0.05) is 6.54 Å². The predicted octanol–water partition coefficient (Wildman–Crippen LogP) is 2.09.